The first-order valence-electron chi connectivity index (χ1n) is 28.2. The van der Waals surface area contributed by atoms with Crippen molar-refractivity contribution in [2.24, 2.45) is 23.7 Å². The largest absolute Gasteiger partial charge is 0.310 e. The molecule has 0 saturated heterocycles. The Kier molecular flexibility index (Phi) is 10.9. The fourth-order valence-corrected chi connectivity index (χ4v) is 16.2. The molecule has 4 fully saturated rings. The van der Waals surface area contributed by atoms with Crippen molar-refractivity contribution in [2.45, 2.75) is 142 Å². The summed E-state index contributed by atoms with van der Waals surface area (Å²) in [5, 5.41) is 5.37. The van der Waals surface area contributed by atoms with Gasteiger partial charge in [0.2, 0.25) is 0 Å². The van der Waals surface area contributed by atoms with Gasteiger partial charge in [0.05, 0.1) is 5.69 Å². The van der Waals surface area contributed by atoms with E-state index in [-0.39, 0.29) is 27.1 Å². The highest BCUT2D eigenvalue weighted by atomic mass is 32.1. The van der Waals surface area contributed by atoms with Crippen LogP contribution in [0, 0.1) is 23.7 Å². The maximum absolute atomic E-state index is 2.76. The van der Waals surface area contributed by atoms with Crippen molar-refractivity contribution in [3.8, 4) is 11.1 Å². The minimum Gasteiger partial charge on any atom is -0.310 e. The number of anilines is 6. The van der Waals surface area contributed by atoms with Gasteiger partial charge in [-0.05, 0) is 212 Å². The van der Waals surface area contributed by atoms with Crippen LogP contribution < -0.4 is 9.80 Å². The molecule has 0 atom stereocenters. The zero-order valence-electron chi connectivity index (χ0n) is 46.7. The molecular weight excluding hydrogens is 925 g/mol. The minimum atomic E-state index is -0.0650. The molecule has 2 nitrogen and oxygen atoms in total. The topological polar surface area (TPSA) is 6.48 Å². The van der Waals surface area contributed by atoms with E-state index in [1.54, 1.807) is 11.1 Å². The summed E-state index contributed by atoms with van der Waals surface area (Å²) in [5.74, 6) is 2.90. The molecule has 1 heterocycles. The van der Waals surface area contributed by atoms with E-state index >= 15 is 0 Å². The summed E-state index contributed by atoms with van der Waals surface area (Å²) in [5.41, 5.74) is 19.1. The van der Waals surface area contributed by atoms with Crippen molar-refractivity contribution in [2.75, 3.05) is 9.80 Å². The Bertz CT molecular complexity index is 3530. The number of fused-ring (bicyclic) bond motifs is 8. The summed E-state index contributed by atoms with van der Waals surface area (Å²) in [4.78, 5) is 5.12. The van der Waals surface area contributed by atoms with Gasteiger partial charge in [0.15, 0.2) is 0 Å². The third-order valence-corrected chi connectivity index (χ3v) is 19.8. The lowest BCUT2D eigenvalue weighted by Crippen LogP contribution is -2.55. The Morgan fingerprint density at radius 2 is 0.853 bits per heavy atom. The zero-order valence-corrected chi connectivity index (χ0v) is 47.5. The van der Waals surface area contributed by atoms with Gasteiger partial charge in [-0.2, -0.15) is 0 Å². The lowest BCUT2D eigenvalue weighted by atomic mass is 9.43. The highest BCUT2D eigenvalue weighted by Gasteiger charge is 2.62. The number of hydrogen-bond donors (Lipinski definition) is 0. The SMILES string of the molecule is CC(C)(C)c1ccc(N(c2ccc(C(C)(C)C)cc2)c2ccc3cc4c(cc3c2)C2(c3cc(N(c5ccc(C(C)(C)C)cc5)c5ccc(C(C)(C)C)cc5)c5c(sc6ccccc65)c3-4)C3CC4CC(C3)CC2C4)cc1. The molecule has 4 bridgehead atoms. The first kappa shape index (κ1) is 48.5. The molecule has 0 aliphatic heterocycles. The van der Waals surface area contributed by atoms with E-state index in [9.17, 15) is 0 Å². The van der Waals surface area contributed by atoms with Gasteiger partial charge in [0, 0.05) is 59.6 Å². The Morgan fingerprint density at radius 1 is 0.413 bits per heavy atom. The number of hydrogen-bond acceptors (Lipinski definition) is 3. The van der Waals surface area contributed by atoms with Crippen LogP contribution in [0.1, 0.15) is 149 Å². The molecule has 0 amide bonds. The molecule has 3 heteroatoms. The predicted molar refractivity (Wildman–Crippen MR) is 324 cm³/mol. The van der Waals surface area contributed by atoms with Gasteiger partial charge in [-0.25, -0.2) is 0 Å². The molecule has 0 unspecified atom stereocenters. The summed E-state index contributed by atoms with van der Waals surface area (Å²) >= 11 is 2.03. The second-order valence-electron chi connectivity index (χ2n) is 27.6. The van der Waals surface area contributed by atoms with Crippen molar-refractivity contribution in [3.63, 3.8) is 0 Å². The van der Waals surface area contributed by atoms with Crippen LogP contribution in [-0.4, -0.2) is 0 Å². The van der Waals surface area contributed by atoms with Crippen LogP contribution in [0.4, 0.5) is 34.1 Å². The maximum Gasteiger partial charge on any atom is 0.0558 e. The van der Waals surface area contributed by atoms with Gasteiger partial charge < -0.3 is 9.80 Å². The lowest BCUT2D eigenvalue weighted by Gasteiger charge is -2.61. The summed E-state index contributed by atoms with van der Waals surface area (Å²) in [6, 6.07) is 62.4. The normalized spacial score (nSPS) is 21.1. The van der Waals surface area contributed by atoms with E-state index in [1.165, 1.54) is 131 Å². The van der Waals surface area contributed by atoms with Crippen molar-refractivity contribution in [1.82, 2.24) is 0 Å². The molecular formula is C72H76N2S. The molecule has 0 N–H and O–H groups in total. The van der Waals surface area contributed by atoms with Crippen LogP contribution in [0.2, 0.25) is 0 Å². The molecule has 4 saturated carbocycles. The summed E-state index contributed by atoms with van der Waals surface area (Å²) in [6.45, 7) is 27.8. The van der Waals surface area contributed by atoms with Gasteiger partial charge in [0.1, 0.15) is 0 Å². The van der Waals surface area contributed by atoms with Crippen LogP contribution in [0.3, 0.4) is 0 Å². The summed E-state index contributed by atoms with van der Waals surface area (Å²) in [6.07, 6.45) is 6.76. The summed E-state index contributed by atoms with van der Waals surface area (Å²) in [7, 11) is 0. The summed E-state index contributed by atoms with van der Waals surface area (Å²) < 4.78 is 2.80. The quantitative estimate of drug-likeness (QED) is 0.164. The van der Waals surface area contributed by atoms with E-state index in [1.807, 2.05) is 11.3 Å². The van der Waals surface area contributed by atoms with Gasteiger partial charge in [0.25, 0.3) is 0 Å². The predicted octanol–water partition coefficient (Wildman–Crippen LogP) is 21.1. The van der Waals surface area contributed by atoms with Crippen molar-refractivity contribution < 1.29 is 0 Å². The first-order valence-corrected chi connectivity index (χ1v) is 29.1. The third kappa shape index (κ3) is 7.83. The molecule has 9 aromatic rings. The van der Waals surface area contributed by atoms with E-state index in [0.29, 0.717) is 11.8 Å². The molecule has 380 valence electrons. The van der Waals surface area contributed by atoms with Crippen LogP contribution in [-0.2, 0) is 27.1 Å². The van der Waals surface area contributed by atoms with Crippen molar-refractivity contribution in [1.29, 1.82) is 0 Å². The van der Waals surface area contributed by atoms with E-state index in [0.717, 1.165) is 11.8 Å². The lowest BCUT2D eigenvalue weighted by molar-refractivity contribution is -0.0398. The number of rotatable bonds is 6. The van der Waals surface area contributed by atoms with E-state index in [2.05, 4.69) is 251 Å². The standard InChI is InChI=1S/C72H76N2S/c1-68(2,3)48-18-27-54(28-19-48)73(55-29-20-49(21-30-55)69(4,5)6)58-26-17-46-41-60-61(42-47(46)40-58)72(52-36-44-35-45(38-52)39-53(72)37-44)62-43-63(66-59-15-13-14-16-64(59)75-67(66)65(60)62)74(56-31-22-50(23-32-56)70(7,8)9)57-33-24-51(25-34-57)71(10,11)12/h13-34,40-45,52-53H,35-39H2,1-12H3. The number of nitrogens with zero attached hydrogens (tertiary/aromatic N) is 2. The van der Waals surface area contributed by atoms with Crippen LogP contribution in [0.25, 0.3) is 42.1 Å². The fourth-order valence-electron chi connectivity index (χ4n) is 14.9. The highest BCUT2D eigenvalue weighted by molar-refractivity contribution is 7.26. The molecule has 5 aliphatic carbocycles. The molecule has 8 aromatic carbocycles. The van der Waals surface area contributed by atoms with Gasteiger partial charge in [-0.1, -0.05) is 156 Å². The van der Waals surface area contributed by atoms with E-state index < -0.39 is 0 Å². The Morgan fingerprint density at radius 3 is 1.32 bits per heavy atom. The monoisotopic (exact) mass is 1000 g/mol. The Labute approximate surface area is 451 Å². The van der Waals surface area contributed by atoms with Gasteiger partial charge in [-0.3, -0.25) is 0 Å². The van der Waals surface area contributed by atoms with Crippen molar-refractivity contribution >= 4 is 76.4 Å². The molecule has 14 rings (SSSR count). The van der Waals surface area contributed by atoms with Crippen LogP contribution in [0.15, 0.2) is 158 Å². The molecule has 0 radical (unpaired) electrons. The minimum absolute atomic E-state index is 0.0533. The average Bonchev–Trinajstić information content (AvgIpc) is 3.88. The molecule has 5 aliphatic rings. The van der Waals surface area contributed by atoms with E-state index in [4.69, 9.17) is 0 Å². The second kappa shape index (κ2) is 16.9. The average molecular weight is 1000 g/mol. The fraction of sp³-hybridized carbons (Fsp3) is 0.361. The Hall–Kier alpha value is -6.16. The molecule has 1 aromatic heterocycles. The molecule has 1 spiro atoms. The second-order valence-corrected chi connectivity index (χ2v) is 28.6. The van der Waals surface area contributed by atoms with Crippen molar-refractivity contribution in [3.05, 3.63) is 191 Å². The first-order chi connectivity index (χ1) is 35.6. The van der Waals surface area contributed by atoms with Crippen LogP contribution in [0.5, 0.6) is 0 Å². The smallest absolute Gasteiger partial charge is 0.0558 e. The third-order valence-electron chi connectivity index (χ3n) is 18.6. The highest BCUT2D eigenvalue weighted by Crippen LogP contribution is 2.71. The van der Waals surface area contributed by atoms with Crippen LogP contribution >= 0.6 is 11.3 Å². The Balaban J connectivity index is 1.06. The van der Waals surface area contributed by atoms with Gasteiger partial charge >= 0.3 is 0 Å². The molecule has 75 heavy (non-hydrogen) atoms. The van der Waals surface area contributed by atoms with Gasteiger partial charge in [-0.15, -0.1) is 11.3 Å². The number of thiophene rings is 1. The number of benzene rings is 8. The zero-order chi connectivity index (χ0) is 52.1. The maximum atomic E-state index is 2.76.